The molecular formula is C11H17NO2. The minimum Gasteiger partial charge on any atom is -0.497 e. The molecule has 0 radical (unpaired) electrons. The van der Waals surface area contributed by atoms with Crippen molar-refractivity contribution in [2.45, 2.75) is 19.5 Å². The average Bonchev–Trinajstić information content (AvgIpc) is 2.26. The maximum absolute atomic E-state index is 8.83. The van der Waals surface area contributed by atoms with Gasteiger partial charge in [-0.3, -0.25) is 0 Å². The minimum atomic E-state index is 0.126. The van der Waals surface area contributed by atoms with Crippen LogP contribution in [0.1, 0.15) is 12.5 Å². The van der Waals surface area contributed by atoms with E-state index in [-0.39, 0.29) is 12.6 Å². The van der Waals surface area contributed by atoms with Gasteiger partial charge in [0, 0.05) is 12.6 Å². The SMILES string of the molecule is COc1cccc(CNC(C)CO)c1. The van der Waals surface area contributed by atoms with Crippen molar-refractivity contribution < 1.29 is 9.84 Å². The zero-order valence-electron chi connectivity index (χ0n) is 8.66. The monoisotopic (exact) mass is 195 g/mol. The van der Waals surface area contributed by atoms with E-state index in [4.69, 9.17) is 9.84 Å². The first-order valence-corrected chi connectivity index (χ1v) is 4.73. The average molecular weight is 195 g/mol. The van der Waals surface area contributed by atoms with Gasteiger partial charge in [0.25, 0.3) is 0 Å². The summed E-state index contributed by atoms with van der Waals surface area (Å²) in [4.78, 5) is 0. The number of nitrogens with one attached hydrogen (secondary N) is 1. The van der Waals surface area contributed by atoms with Gasteiger partial charge in [0.2, 0.25) is 0 Å². The normalized spacial score (nSPS) is 12.5. The fraction of sp³-hybridized carbons (Fsp3) is 0.455. The number of hydrogen-bond acceptors (Lipinski definition) is 3. The third-order valence-corrected chi connectivity index (χ3v) is 2.06. The van der Waals surface area contributed by atoms with Crippen molar-refractivity contribution in [1.82, 2.24) is 5.32 Å². The van der Waals surface area contributed by atoms with Gasteiger partial charge in [0.05, 0.1) is 13.7 Å². The maximum Gasteiger partial charge on any atom is 0.119 e. The third kappa shape index (κ3) is 3.36. The molecule has 0 heterocycles. The highest BCUT2D eigenvalue weighted by molar-refractivity contribution is 5.28. The number of hydrogen-bond donors (Lipinski definition) is 2. The van der Waals surface area contributed by atoms with E-state index in [2.05, 4.69) is 5.32 Å². The molecule has 2 N–H and O–H groups in total. The molecule has 0 aliphatic heterocycles. The van der Waals surface area contributed by atoms with E-state index in [0.29, 0.717) is 0 Å². The molecule has 0 aliphatic carbocycles. The number of aliphatic hydroxyl groups excluding tert-OH is 1. The van der Waals surface area contributed by atoms with Gasteiger partial charge in [-0.2, -0.15) is 0 Å². The molecule has 1 atom stereocenters. The van der Waals surface area contributed by atoms with Crippen LogP contribution in [0.25, 0.3) is 0 Å². The van der Waals surface area contributed by atoms with Crippen molar-refractivity contribution in [2.24, 2.45) is 0 Å². The summed E-state index contributed by atoms with van der Waals surface area (Å²) < 4.78 is 5.11. The number of methoxy groups -OCH3 is 1. The van der Waals surface area contributed by atoms with E-state index in [1.54, 1.807) is 7.11 Å². The van der Waals surface area contributed by atoms with Crippen LogP contribution in [0.3, 0.4) is 0 Å². The van der Waals surface area contributed by atoms with Crippen LogP contribution in [0.5, 0.6) is 5.75 Å². The molecule has 3 heteroatoms. The van der Waals surface area contributed by atoms with E-state index in [9.17, 15) is 0 Å². The molecule has 78 valence electrons. The van der Waals surface area contributed by atoms with E-state index in [0.717, 1.165) is 17.9 Å². The Morgan fingerprint density at radius 3 is 2.93 bits per heavy atom. The zero-order valence-corrected chi connectivity index (χ0v) is 8.66. The van der Waals surface area contributed by atoms with Crippen LogP contribution in [-0.2, 0) is 6.54 Å². The van der Waals surface area contributed by atoms with Crippen molar-refractivity contribution in [2.75, 3.05) is 13.7 Å². The highest BCUT2D eigenvalue weighted by Crippen LogP contribution is 2.12. The van der Waals surface area contributed by atoms with Gasteiger partial charge in [-0.05, 0) is 24.6 Å². The lowest BCUT2D eigenvalue weighted by molar-refractivity contribution is 0.251. The Bertz CT molecular complexity index is 276. The summed E-state index contributed by atoms with van der Waals surface area (Å²) in [5, 5.41) is 12.0. The lowest BCUT2D eigenvalue weighted by atomic mass is 10.2. The second-order valence-corrected chi connectivity index (χ2v) is 3.32. The Balaban J connectivity index is 2.50. The first kappa shape index (κ1) is 11.0. The summed E-state index contributed by atoms with van der Waals surface area (Å²) in [6.07, 6.45) is 0. The van der Waals surface area contributed by atoms with Crippen molar-refractivity contribution in [3.8, 4) is 5.75 Å². The van der Waals surface area contributed by atoms with Crippen molar-refractivity contribution >= 4 is 0 Å². The molecule has 0 saturated heterocycles. The second kappa shape index (κ2) is 5.62. The summed E-state index contributed by atoms with van der Waals surface area (Å²) >= 11 is 0. The van der Waals surface area contributed by atoms with Gasteiger partial charge in [0.1, 0.15) is 5.75 Å². The molecule has 3 nitrogen and oxygen atoms in total. The Labute approximate surface area is 84.7 Å². The molecule has 1 unspecified atom stereocenters. The van der Waals surface area contributed by atoms with Crippen LogP contribution >= 0.6 is 0 Å². The fourth-order valence-electron chi connectivity index (χ4n) is 1.14. The summed E-state index contributed by atoms with van der Waals surface area (Å²) in [6.45, 7) is 2.85. The number of aliphatic hydroxyl groups is 1. The quantitative estimate of drug-likeness (QED) is 0.741. The molecule has 1 aromatic rings. The molecule has 0 saturated carbocycles. The number of benzene rings is 1. The molecule has 14 heavy (non-hydrogen) atoms. The van der Waals surface area contributed by atoms with Crippen LogP contribution in [0.4, 0.5) is 0 Å². The molecule has 0 bridgehead atoms. The Morgan fingerprint density at radius 1 is 1.50 bits per heavy atom. The summed E-state index contributed by atoms with van der Waals surface area (Å²) in [6, 6.07) is 8.01. The van der Waals surface area contributed by atoms with Gasteiger partial charge in [-0.25, -0.2) is 0 Å². The Hall–Kier alpha value is -1.06. The Kier molecular flexibility index (Phi) is 4.43. The molecule has 0 aromatic heterocycles. The topological polar surface area (TPSA) is 41.5 Å². The number of rotatable bonds is 5. The van der Waals surface area contributed by atoms with E-state index < -0.39 is 0 Å². The predicted octanol–water partition coefficient (Wildman–Crippen LogP) is 1.17. The molecule has 0 spiro atoms. The van der Waals surface area contributed by atoms with Crippen LogP contribution in [0.15, 0.2) is 24.3 Å². The van der Waals surface area contributed by atoms with Crippen molar-refractivity contribution in [3.63, 3.8) is 0 Å². The van der Waals surface area contributed by atoms with E-state index >= 15 is 0 Å². The Morgan fingerprint density at radius 2 is 2.29 bits per heavy atom. The smallest absolute Gasteiger partial charge is 0.119 e. The van der Waals surface area contributed by atoms with Gasteiger partial charge < -0.3 is 15.2 Å². The van der Waals surface area contributed by atoms with Crippen LogP contribution in [0.2, 0.25) is 0 Å². The molecule has 0 aliphatic rings. The van der Waals surface area contributed by atoms with Crippen LogP contribution in [-0.4, -0.2) is 24.9 Å². The minimum absolute atomic E-state index is 0.126. The maximum atomic E-state index is 8.83. The lowest BCUT2D eigenvalue weighted by Gasteiger charge is -2.10. The van der Waals surface area contributed by atoms with Gasteiger partial charge in [-0.1, -0.05) is 12.1 Å². The fourth-order valence-corrected chi connectivity index (χ4v) is 1.14. The first-order valence-electron chi connectivity index (χ1n) is 4.73. The highest BCUT2D eigenvalue weighted by atomic mass is 16.5. The molecule has 1 aromatic carbocycles. The van der Waals surface area contributed by atoms with Crippen LogP contribution in [0, 0.1) is 0 Å². The predicted molar refractivity (Wildman–Crippen MR) is 56.4 cm³/mol. The summed E-state index contributed by atoms with van der Waals surface area (Å²) in [5.41, 5.74) is 1.16. The number of ether oxygens (including phenoxy) is 1. The summed E-state index contributed by atoms with van der Waals surface area (Å²) in [5.74, 6) is 0.862. The van der Waals surface area contributed by atoms with Gasteiger partial charge in [0.15, 0.2) is 0 Å². The van der Waals surface area contributed by atoms with Gasteiger partial charge >= 0.3 is 0 Å². The zero-order chi connectivity index (χ0) is 10.4. The molecule has 0 fully saturated rings. The highest BCUT2D eigenvalue weighted by Gasteiger charge is 1.99. The van der Waals surface area contributed by atoms with E-state index in [1.165, 1.54) is 0 Å². The molecule has 1 rings (SSSR count). The van der Waals surface area contributed by atoms with Gasteiger partial charge in [-0.15, -0.1) is 0 Å². The van der Waals surface area contributed by atoms with Crippen molar-refractivity contribution in [1.29, 1.82) is 0 Å². The second-order valence-electron chi connectivity index (χ2n) is 3.32. The van der Waals surface area contributed by atoms with Crippen molar-refractivity contribution in [3.05, 3.63) is 29.8 Å². The molecular weight excluding hydrogens is 178 g/mol. The summed E-state index contributed by atoms with van der Waals surface area (Å²) in [7, 11) is 1.66. The standard InChI is InChI=1S/C11H17NO2/c1-9(8-13)12-7-10-4-3-5-11(6-10)14-2/h3-6,9,12-13H,7-8H2,1-2H3. The largest absolute Gasteiger partial charge is 0.497 e. The van der Waals surface area contributed by atoms with Crippen LogP contribution < -0.4 is 10.1 Å². The van der Waals surface area contributed by atoms with E-state index in [1.807, 2.05) is 31.2 Å². The molecule has 0 amide bonds. The third-order valence-electron chi connectivity index (χ3n) is 2.06. The first-order chi connectivity index (χ1) is 6.76. The lowest BCUT2D eigenvalue weighted by Crippen LogP contribution is -2.28.